The van der Waals surface area contributed by atoms with Gasteiger partial charge in [-0.05, 0) is 55.5 Å². The van der Waals surface area contributed by atoms with E-state index in [1.54, 1.807) is 13.2 Å². The molecule has 0 aromatic heterocycles. The molecule has 96 valence electrons. The van der Waals surface area contributed by atoms with Crippen LogP contribution in [0.5, 0.6) is 5.75 Å². The highest BCUT2D eigenvalue weighted by Crippen LogP contribution is 2.45. The van der Waals surface area contributed by atoms with Gasteiger partial charge in [-0.1, -0.05) is 12.8 Å². The molecule has 0 atom stereocenters. The molecule has 3 nitrogen and oxygen atoms in total. The second-order valence-corrected chi connectivity index (χ2v) is 5.08. The summed E-state index contributed by atoms with van der Waals surface area (Å²) in [5, 5.41) is 0. The lowest BCUT2D eigenvalue weighted by Crippen LogP contribution is -2.22. The van der Waals surface area contributed by atoms with E-state index in [1.807, 2.05) is 12.1 Å². The minimum absolute atomic E-state index is 0.345. The molecule has 1 aliphatic carbocycles. The number of aryl methyl sites for hydroxylation is 2. The SMILES string of the molecule is COc1cc(C)c(C2(N=C=O)CCCC2)c(C)c1. The highest BCUT2D eigenvalue weighted by atomic mass is 16.5. The van der Waals surface area contributed by atoms with Crippen LogP contribution in [0.3, 0.4) is 0 Å². The van der Waals surface area contributed by atoms with Crippen LogP contribution >= 0.6 is 0 Å². The van der Waals surface area contributed by atoms with Crippen molar-refractivity contribution < 1.29 is 9.53 Å². The normalized spacial score (nSPS) is 17.3. The number of hydrogen-bond acceptors (Lipinski definition) is 3. The summed E-state index contributed by atoms with van der Waals surface area (Å²) in [5.41, 5.74) is 3.13. The zero-order chi connectivity index (χ0) is 13.2. The van der Waals surface area contributed by atoms with E-state index in [0.717, 1.165) is 42.6 Å². The predicted molar refractivity (Wildman–Crippen MR) is 70.7 cm³/mol. The van der Waals surface area contributed by atoms with E-state index in [4.69, 9.17) is 4.74 Å². The maximum atomic E-state index is 10.8. The second-order valence-electron chi connectivity index (χ2n) is 5.08. The molecule has 0 spiro atoms. The van der Waals surface area contributed by atoms with Crippen molar-refractivity contribution in [3.8, 4) is 5.75 Å². The molecule has 0 saturated heterocycles. The standard InChI is InChI=1S/C15H19NO2/c1-11-8-13(18-3)9-12(2)14(11)15(16-10-17)6-4-5-7-15/h8-9H,4-7H2,1-3H3. The lowest BCUT2D eigenvalue weighted by molar-refractivity contribution is 0.411. The number of isocyanates is 1. The number of benzene rings is 1. The van der Waals surface area contributed by atoms with Gasteiger partial charge >= 0.3 is 0 Å². The van der Waals surface area contributed by atoms with E-state index in [9.17, 15) is 4.79 Å². The Morgan fingerprint density at radius 3 is 2.22 bits per heavy atom. The first-order valence-corrected chi connectivity index (χ1v) is 6.38. The van der Waals surface area contributed by atoms with Crippen molar-refractivity contribution in [1.29, 1.82) is 0 Å². The van der Waals surface area contributed by atoms with Crippen LogP contribution in [-0.2, 0) is 10.3 Å². The van der Waals surface area contributed by atoms with Gasteiger partial charge in [-0.25, -0.2) is 4.79 Å². The fourth-order valence-electron chi connectivity index (χ4n) is 3.24. The van der Waals surface area contributed by atoms with Gasteiger partial charge in [0.25, 0.3) is 0 Å². The van der Waals surface area contributed by atoms with Crippen LogP contribution in [0.15, 0.2) is 17.1 Å². The zero-order valence-electron chi connectivity index (χ0n) is 11.2. The Hall–Kier alpha value is -1.60. The van der Waals surface area contributed by atoms with E-state index in [2.05, 4.69) is 18.8 Å². The Bertz CT molecular complexity index is 472. The minimum Gasteiger partial charge on any atom is -0.497 e. The lowest BCUT2D eigenvalue weighted by atomic mass is 9.83. The summed E-state index contributed by atoms with van der Waals surface area (Å²) >= 11 is 0. The number of ether oxygens (including phenoxy) is 1. The van der Waals surface area contributed by atoms with Gasteiger partial charge in [0.05, 0.1) is 12.6 Å². The molecule has 0 amide bonds. The van der Waals surface area contributed by atoms with E-state index in [-0.39, 0.29) is 5.54 Å². The van der Waals surface area contributed by atoms with Gasteiger partial charge in [-0.15, -0.1) is 0 Å². The van der Waals surface area contributed by atoms with Gasteiger partial charge in [0.15, 0.2) is 0 Å². The molecule has 18 heavy (non-hydrogen) atoms. The van der Waals surface area contributed by atoms with Gasteiger partial charge in [0.2, 0.25) is 6.08 Å². The molecule has 0 N–H and O–H groups in total. The molecule has 2 rings (SSSR count). The molecule has 1 aromatic rings. The van der Waals surface area contributed by atoms with Crippen molar-refractivity contribution in [2.75, 3.05) is 7.11 Å². The van der Waals surface area contributed by atoms with Crippen molar-refractivity contribution in [1.82, 2.24) is 0 Å². The van der Waals surface area contributed by atoms with Crippen molar-refractivity contribution in [2.45, 2.75) is 45.1 Å². The Morgan fingerprint density at radius 1 is 1.22 bits per heavy atom. The number of hydrogen-bond donors (Lipinski definition) is 0. The number of rotatable bonds is 3. The highest BCUT2D eigenvalue weighted by Gasteiger charge is 2.38. The summed E-state index contributed by atoms with van der Waals surface area (Å²) in [4.78, 5) is 14.9. The molecular formula is C15H19NO2. The third-order valence-corrected chi connectivity index (χ3v) is 3.90. The average molecular weight is 245 g/mol. The van der Waals surface area contributed by atoms with E-state index >= 15 is 0 Å². The van der Waals surface area contributed by atoms with Gasteiger partial charge in [0, 0.05) is 0 Å². The van der Waals surface area contributed by atoms with Gasteiger partial charge < -0.3 is 4.74 Å². The van der Waals surface area contributed by atoms with Crippen LogP contribution in [-0.4, -0.2) is 13.2 Å². The molecule has 0 aliphatic heterocycles. The summed E-state index contributed by atoms with van der Waals surface area (Å²) in [5.74, 6) is 0.858. The average Bonchev–Trinajstić information content (AvgIpc) is 2.77. The fraction of sp³-hybridized carbons (Fsp3) is 0.533. The molecule has 0 heterocycles. The van der Waals surface area contributed by atoms with Gasteiger partial charge in [0.1, 0.15) is 5.75 Å². The predicted octanol–water partition coefficient (Wildman–Crippen LogP) is 3.42. The fourth-order valence-corrected chi connectivity index (χ4v) is 3.24. The van der Waals surface area contributed by atoms with Crippen LogP contribution in [0, 0.1) is 13.8 Å². The number of carbonyl (C=O) groups excluding carboxylic acids is 1. The largest absolute Gasteiger partial charge is 0.497 e. The molecule has 1 saturated carbocycles. The van der Waals surface area contributed by atoms with Crippen molar-refractivity contribution in [2.24, 2.45) is 4.99 Å². The van der Waals surface area contributed by atoms with Crippen molar-refractivity contribution in [3.05, 3.63) is 28.8 Å². The van der Waals surface area contributed by atoms with E-state index in [1.165, 1.54) is 5.56 Å². The Balaban J connectivity index is 2.58. The first-order valence-electron chi connectivity index (χ1n) is 6.38. The summed E-state index contributed by atoms with van der Waals surface area (Å²) < 4.78 is 5.28. The van der Waals surface area contributed by atoms with E-state index in [0.29, 0.717) is 0 Å². The monoisotopic (exact) mass is 245 g/mol. The lowest BCUT2D eigenvalue weighted by Gasteiger charge is -2.27. The molecule has 0 unspecified atom stereocenters. The Kier molecular flexibility index (Phi) is 3.53. The summed E-state index contributed by atoms with van der Waals surface area (Å²) in [7, 11) is 1.67. The quantitative estimate of drug-likeness (QED) is 0.604. The molecule has 1 fully saturated rings. The molecular weight excluding hydrogens is 226 g/mol. The number of nitrogens with zero attached hydrogens (tertiary/aromatic N) is 1. The van der Waals surface area contributed by atoms with Crippen LogP contribution < -0.4 is 4.74 Å². The topological polar surface area (TPSA) is 38.7 Å². The number of methoxy groups -OCH3 is 1. The first-order chi connectivity index (χ1) is 8.63. The smallest absolute Gasteiger partial charge is 0.235 e. The third-order valence-electron chi connectivity index (χ3n) is 3.90. The van der Waals surface area contributed by atoms with E-state index < -0.39 is 0 Å². The molecule has 1 aromatic carbocycles. The van der Waals surface area contributed by atoms with Gasteiger partial charge in [-0.3, -0.25) is 0 Å². The van der Waals surface area contributed by atoms with Crippen LogP contribution in [0.2, 0.25) is 0 Å². The maximum absolute atomic E-state index is 10.8. The van der Waals surface area contributed by atoms with Crippen LogP contribution in [0.4, 0.5) is 0 Å². The zero-order valence-corrected chi connectivity index (χ0v) is 11.2. The minimum atomic E-state index is -0.345. The van der Waals surface area contributed by atoms with Crippen LogP contribution in [0.25, 0.3) is 0 Å². The van der Waals surface area contributed by atoms with Crippen molar-refractivity contribution >= 4 is 6.08 Å². The highest BCUT2D eigenvalue weighted by molar-refractivity contribution is 5.48. The second kappa shape index (κ2) is 4.95. The molecule has 0 bridgehead atoms. The molecule has 1 aliphatic rings. The third kappa shape index (κ3) is 2.06. The summed E-state index contributed by atoms with van der Waals surface area (Å²) in [6.07, 6.45) is 5.90. The Morgan fingerprint density at radius 2 is 1.78 bits per heavy atom. The first kappa shape index (κ1) is 12.8. The van der Waals surface area contributed by atoms with Gasteiger partial charge in [-0.2, -0.15) is 4.99 Å². The van der Waals surface area contributed by atoms with Crippen LogP contribution in [0.1, 0.15) is 42.4 Å². The summed E-state index contributed by atoms with van der Waals surface area (Å²) in [6.45, 7) is 4.12. The van der Waals surface area contributed by atoms with Crippen molar-refractivity contribution in [3.63, 3.8) is 0 Å². The maximum Gasteiger partial charge on any atom is 0.235 e. The summed E-state index contributed by atoms with van der Waals surface area (Å²) in [6, 6.07) is 4.03. The molecule has 3 heteroatoms. The molecule has 0 radical (unpaired) electrons. The Labute approximate surface area is 108 Å². The number of aliphatic imine (C=N–C) groups is 1.